The summed E-state index contributed by atoms with van der Waals surface area (Å²) in [5.41, 5.74) is 2.00. The summed E-state index contributed by atoms with van der Waals surface area (Å²) >= 11 is 2.38. The number of carbonyl (C=O) groups excluding carboxylic acids is 1. The SMILES string of the molecule is Cc1cccc(-n2c(SCC(=O)Nc3cc(F)cc(F)c3)nc3ccsc3c2=O)c1. The number of hydrogen-bond acceptors (Lipinski definition) is 5. The Labute approximate surface area is 178 Å². The lowest BCUT2D eigenvalue weighted by molar-refractivity contribution is -0.113. The zero-order valence-corrected chi connectivity index (χ0v) is 17.3. The van der Waals surface area contributed by atoms with Crippen LogP contribution in [0.1, 0.15) is 5.56 Å². The largest absolute Gasteiger partial charge is 0.325 e. The first-order valence-corrected chi connectivity index (χ1v) is 10.7. The highest BCUT2D eigenvalue weighted by Crippen LogP contribution is 2.24. The Balaban J connectivity index is 1.64. The second-order valence-electron chi connectivity index (χ2n) is 6.50. The topological polar surface area (TPSA) is 64.0 Å². The van der Waals surface area contributed by atoms with Gasteiger partial charge in [0.2, 0.25) is 5.91 Å². The summed E-state index contributed by atoms with van der Waals surface area (Å²) in [7, 11) is 0. The molecule has 0 aliphatic rings. The minimum Gasteiger partial charge on any atom is -0.325 e. The summed E-state index contributed by atoms with van der Waals surface area (Å²) < 4.78 is 28.6. The third-order valence-electron chi connectivity index (χ3n) is 4.19. The summed E-state index contributed by atoms with van der Waals surface area (Å²) in [5.74, 6) is -2.13. The van der Waals surface area contributed by atoms with Crippen molar-refractivity contribution in [1.29, 1.82) is 0 Å². The Morgan fingerprint density at radius 1 is 1.17 bits per heavy atom. The number of hydrogen-bond donors (Lipinski definition) is 1. The first kappa shape index (κ1) is 20.2. The van der Waals surface area contributed by atoms with E-state index >= 15 is 0 Å². The van der Waals surface area contributed by atoms with Crippen LogP contribution in [0.4, 0.5) is 14.5 Å². The van der Waals surface area contributed by atoms with Crippen LogP contribution in [0.2, 0.25) is 0 Å². The fraction of sp³-hybridized carbons (Fsp3) is 0.0952. The molecule has 1 amide bonds. The van der Waals surface area contributed by atoms with Gasteiger partial charge in [-0.3, -0.25) is 14.2 Å². The Hall–Kier alpha value is -3.04. The molecule has 30 heavy (non-hydrogen) atoms. The van der Waals surface area contributed by atoms with Gasteiger partial charge in [0, 0.05) is 11.8 Å². The number of aromatic nitrogens is 2. The number of carbonyl (C=O) groups is 1. The van der Waals surface area contributed by atoms with E-state index < -0.39 is 17.5 Å². The van der Waals surface area contributed by atoms with Crippen LogP contribution in [0.15, 0.2) is 63.9 Å². The van der Waals surface area contributed by atoms with Crippen LogP contribution in [0.5, 0.6) is 0 Å². The number of benzene rings is 2. The quantitative estimate of drug-likeness (QED) is 0.357. The van der Waals surface area contributed by atoms with Crippen LogP contribution >= 0.6 is 23.1 Å². The molecule has 0 aliphatic carbocycles. The van der Waals surface area contributed by atoms with Crippen molar-refractivity contribution in [2.75, 3.05) is 11.1 Å². The molecule has 1 N–H and O–H groups in total. The molecule has 0 fully saturated rings. The van der Waals surface area contributed by atoms with Gasteiger partial charge in [-0.15, -0.1) is 11.3 Å². The second kappa shape index (κ2) is 8.37. The second-order valence-corrected chi connectivity index (χ2v) is 8.36. The summed E-state index contributed by atoms with van der Waals surface area (Å²) in [6, 6.07) is 12.0. The molecule has 2 heterocycles. The Morgan fingerprint density at radius 2 is 1.93 bits per heavy atom. The fourth-order valence-corrected chi connectivity index (χ4v) is 4.51. The monoisotopic (exact) mass is 443 g/mol. The molecule has 0 radical (unpaired) electrons. The molecule has 9 heteroatoms. The lowest BCUT2D eigenvalue weighted by Crippen LogP contribution is -2.22. The number of halogens is 2. The molecule has 0 unspecified atom stereocenters. The predicted molar refractivity (Wildman–Crippen MR) is 116 cm³/mol. The molecule has 2 aromatic heterocycles. The van der Waals surface area contributed by atoms with E-state index in [2.05, 4.69) is 10.3 Å². The van der Waals surface area contributed by atoms with E-state index in [0.29, 0.717) is 21.1 Å². The Morgan fingerprint density at radius 3 is 2.67 bits per heavy atom. The van der Waals surface area contributed by atoms with Crippen molar-refractivity contribution >= 4 is 44.9 Å². The summed E-state index contributed by atoms with van der Waals surface area (Å²) in [4.78, 5) is 29.9. The third kappa shape index (κ3) is 4.27. The van der Waals surface area contributed by atoms with Crippen LogP contribution in [-0.4, -0.2) is 21.2 Å². The van der Waals surface area contributed by atoms with Gasteiger partial charge >= 0.3 is 0 Å². The highest BCUT2D eigenvalue weighted by atomic mass is 32.2. The van der Waals surface area contributed by atoms with E-state index in [1.165, 1.54) is 15.9 Å². The molecule has 2 aromatic carbocycles. The van der Waals surface area contributed by atoms with E-state index in [0.717, 1.165) is 35.5 Å². The highest BCUT2D eigenvalue weighted by Gasteiger charge is 2.16. The standard InChI is InChI=1S/C21H15F2N3O2S2/c1-12-3-2-4-16(7-12)26-20(28)19-17(5-6-29-19)25-21(26)30-11-18(27)24-15-9-13(22)8-14(23)10-15/h2-10H,11H2,1H3,(H,24,27). The van der Waals surface area contributed by atoms with Gasteiger partial charge in [0.05, 0.1) is 17.0 Å². The zero-order chi connectivity index (χ0) is 21.3. The molecule has 152 valence electrons. The number of amides is 1. The van der Waals surface area contributed by atoms with Crippen LogP contribution in [0.25, 0.3) is 15.9 Å². The number of fused-ring (bicyclic) bond motifs is 1. The molecule has 0 saturated heterocycles. The number of nitrogens with zero attached hydrogens (tertiary/aromatic N) is 2. The number of nitrogens with one attached hydrogen (secondary N) is 1. The molecule has 0 atom stereocenters. The molecule has 0 bridgehead atoms. The van der Waals surface area contributed by atoms with Gasteiger partial charge in [-0.25, -0.2) is 13.8 Å². The third-order valence-corrected chi connectivity index (χ3v) is 6.02. The van der Waals surface area contributed by atoms with E-state index in [1.54, 1.807) is 17.5 Å². The van der Waals surface area contributed by atoms with Crippen molar-refractivity contribution < 1.29 is 13.6 Å². The van der Waals surface area contributed by atoms with Crippen molar-refractivity contribution in [3.8, 4) is 5.69 Å². The minimum absolute atomic E-state index is 0.0235. The van der Waals surface area contributed by atoms with Gasteiger partial charge in [0.25, 0.3) is 5.56 Å². The smallest absolute Gasteiger partial charge is 0.276 e. The van der Waals surface area contributed by atoms with E-state index in [4.69, 9.17) is 0 Å². The van der Waals surface area contributed by atoms with E-state index in [1.807, 2.05) is 25.1 Å². The number of thioether (sulfide) groups is 1. The summed E-state index contributed by atoms with van der Waals surface area (Å²) in [6.07, 6.45) is 0. The molecule has 4 rings (SSSR count). The number of thiophene rings is 1. The van der Waals surface area contributed by atoms with E-state index in [9.17, 15) is 18.4 Å². The minimum atomic E-state index is -0.782. The lowest BCUT2D eigenvalue weighted by Gasteiger charge is -2.12. The van der Waals surface area contributed by atoms with Gasteiger partial charge in [-0.2, -0.15) is 0 Å². The van der Waals surface area contributed by atoms with Crippen molar-refractivity contribution in [2.24, 2.45) is 0 Å². The molecule has 5 nitrogen and oxygen atoms in total. The van der Waals surface area contributed by atoms with Gasteiger partial charge in [0.15, 0.2) is 5.16 Å². The maximum atomic E-state index is 13.3. The number of rotatable bonds is 5. The van der Waals surface area contributed by atoms with Crippen LogP contribution in [-0.2, 0) is 4.79 Å². The maximum absolute atomic E-state index is 13.3. The maximum Gasteiger partial charge on any atom is 0.276 e. The molecule has 0 saturated carbocycles. The number of anilines is 1. The zero-order valence-electron chi connectivity index (χ0n) is 15.7. The molecule has 0 aliphatic heterocycles. The Bertz CT molecular complexity index is 1300. The average molecular weight is 444 g/mol. The van der Waals surface area contributed by atoms with Gasteiger partial charge in [-0.1, -0.05) is 23.9 Å². The summed E-state index contributed by atoms with van der Waals surface area (Å²) in [5, 5.41) is 4.61. The fourth-order valence-electron chi connectivity index (χ4n) is 2.94. The van der Waals surface area contributed by atoms with Crippen molar-refractivity contribution in [1.82, 2.24) is 9.55 Å². The molecule has 4 aromatic rings. The van der Waals surface area contributed by atoms with Crippen molar-refractivity contribution in [3.05, 3.63) is 81.5 Å². The lowest BCUT2D eigenvalue weighted by atomic mass is 10.2. The highest BCUT2D eigenvalue weighted by molar-refractivity contribution is 7.99. The Kier molecular flexibility index (Phi) is 5.65. The van der Waals surface area contributed by atoms with Gasteiger partial charge in [0.1, 0.15) is 16.3 Å². The average Bonchev–Trinajstić information content (AvgIpc) is 3.14. The van der Waals surface area contributed by atoms with Crippen molar-refractivity contribution in [2.45, 2.75) is 12.1 Å². The summed E-state index contributed by atoms with van der Waals surface area (Å²) in [6.45, 7) is 1.92. The van der Waals surface area contributed by atoms with Crippen LogP contribution in [0, 0.1) is 18.6 Å². The van der Waals surface area contributed by atoms with Crippen molar-refractivity contribution in [3.63, 3.8) is 0 Å². The van der Waals surface area contributed by atoms with Crippen LogP contribution < -0.4 is 10.9 Å². The van der Waals surface area contributed by atoms with Gasteiger partial charge in [-0.05, 0) is 48.2 Å². The molecular formula is C21H15F2N3O2S2. The normalized spacial score (nSPS) is 11.0. The molecular weight excluding hydrogens is 428 g/mol. The van der Waals surface area contributed by atoms with Gasteiger partial charge < -0.3 is 5.32 Å². The predicted octanol–water partition coefficient (Wildman–Crippen LogP) is 4.76. The number of aryl methyl sites for hydroxylation is 1. The van der Waals surface area contributed by atoms with Crippen LogP contribution in [0.3, 0.4) is 0 Å². The molecule has 0 spiro atoms. The first-order valence-electron chi connectivity index (χ1n) is 8.87. The first-order chi connectivity index (χ1) is 14.4. The van der Waals surface area contributed by atoms with E-state index in [-0.39, 0.29) is 17.0 Å².